The van der Waals surface area contributed by atoms with Gasteiger partial charge < -0.3 is 9.47 Å². The summed E-state index contributed by atoms with van der Waals surface area (Å²) in [7, 11) is 0. The molecule has 4 nitrogen and oxygen atoms in total. The zero-order chi connectivity index (χ0) is 10.5. The second kappa shape index (κ2) is 4.70. The Balaban J connectivity index is 3.96. The van der Waals surface area contributed by atoms with Gasteiger partial charge in [-0.15, -0.1) is 0 Å². The number of ether oxygens (including phenoxy) is 2. The molecule has 1 atom stereocenters. The van der Waals surface area contributed by atoms with E-state index in [0.29, 0.717) is 6.42 Å². The molecular formula is C9H15NO3. The lowest BCUT2D eigenvalue weighted by atomic mass is 10.2. The average molecular weight is 185 g/mol. The van der Waals surface area contributed by atoms with Gasteiger partial charge in [0.15, 0.2) is 6.10 Å². The fourth-order valence-electron chi connectivity index (χ4n) is 0.591. The molecule has 0 fully saturated rings. The van der Waals surface area contributed by atoms with Crippen molar-refractivity contribution in [1.82, 2.24) is 0 Å². The fraction of sp³-hybridized carbons (Fsp3) is 0.778. The number of nitrogens with zero attached hydrogens (tertiary/aromatic N) is 1. The summed E-state index contributed by atoms with van der Waals surface area (Å²) in [4.78, 5) is 11.0. The molecule has 74 valence electrons. The third-order valence-electron chi connectivity index (χ3n) is 1.14. The summed E-state index contributed by atoms with van der Waals surface area (Å²) in [5.41, 5.74) is -0.579. The topological polar surface area (TPSA) is 59.3 Å². The first kappa shape index (κ1) is 11.8. The van der Waals surface area contributed by atoms with Gasteiger partial charge in [0.2, 0.25) is 0 Å². The normalized spacial score (nSPS) is 12.8. The summed E-state index contributed by atoms with van der Waals surface area (Å²) in [5.74, 6) is 0. The van der Waals surface area contributed by atoms with Crippen LogP contribution in [0.3, 0.4) is 0 Å². The zero-order valence-corrected chi connectivity index (χ0v) is 8.46. The Hall–Kier alpha value is -1.24. The first-order valence-corrected chi connectivity index (χ1v) is 4.18. The van der Waals surface area contributed by atoms with Crippen LogP contribution in [-0.2, 0) is 9.47 Å². The first-order chi connectivity index (χ1) is 5.89. The summed E-state index contributed by atoms with van der Waals surface area (Å²) in [5, 5.41) is 8.49. The minimum absolute atomic E-state index is 0.468. The van der Waals surface area contributed by atoms with Gasteiger partial charge in [0.05, 0.1) is 0 Å². The monoisotopic (exact) mass is 185 g/mol. The van der Waals surface area contributed by atoms with E-state index >= 15 is 0 Å². The van der Waals surface area contributed by atoms with E-state index in [1.807, 2.05) is 6.07 Å². The summed E-state index contributed by atoms with van der Waals surface area (Å²) in [6.45, 7) is 6.98. The second-order valence-electron chi connectivity index (χ2n) is 3.61. The maximum absolute atomic E-state index is 11.0. The molecule has 1 unspecified atom stereocenters. The van der Waals surface area contributed by atoms with Crippen LogP contribution in [0.1, 0.15) is 34.1 Å². The van der Waals surface area contributed by atoms with Crippen LogP contribution < -0.4 is 0 Å². The molecular weight excluding hydrogens is 170 g/mol. The maximum atomic E-state index is 11.0. The van der Waals surface area contributed by atoms with Gasteiger partial charge >= 0.3 is 6.16 Å². The molecule has 0 aliphatic carbocycles. The largest absolute Gasteiger partial charge is 0.510 e. The molecule has 0 amide bonds. The minimum atomic E-state index is -0.791. The lowest BCUT2D eigenvalue weighted by molar-refractivity contribution is -0.0175. The van der Waals surface area contributed by atoms with Crippen LogP contribution in [0.2, 0.25) is 0 Å². The maximum Gasteiger partial charge on any atom is 0.510 e. The number of hydrogen-bond acceptors (Lipinski definition) is 4. The zero-order valence-electron chi connectivity index (χ0n) is 8.46. The highest BCUT2D eigenvalue weighted by Gasteiger charge is 2.20. The standard InChI is InChI=1S/C9H15NO3/c1-5-7(6-10)12-8(11)13-9(2,3)4/h7H,5H2,1-4H3. The lowest BCUT2D eigenvalue weighted by Gasteiger charge is -2.19. The van der Waals surface area contributed by atoms with Crippen LogP contribution in [0.25, 0.3) is 0 Å². The number of hydrogen-bond donors (Lipinski definition) is 0. The van der Waals surface area contributed by atoms with Gasteiger partial charge in [0.1, 0.15) is 11.7 Å². The Kier molecular flexibility index (Phi) is 4.26. The van der Waals surface area contributed by atoms with Crippen molar-refractivity contribution in [3.05, 3.63) is 0 Å². The van der Waals surface area contributed by atoms with Crippen LogP contribution in [0.15, 0.2) is 0 Å². The summed E-state index contributed by atoms with van der Waals surface area (Å²) in [6, 6.07) is 1.85. The molecule has 0 heterocycles. The van der Waals surface area contributed by atoms with E-state index in [9.17, 15) is 4.79 Å². The van der Waals surface area contributed by atoms with E-state index in [1.165, 1.54) is 0 Å². The van der Waals surface area contributed by atoms with Gasteiger partial charge in [0.25, 0.3) is 0 Å². The number of nitriles is 1. The van der Waals surface area contributed by atoms with Gasteiger partial charge in [0, 0.05) is 0 Å². The molecule has 0 rings (SSSR count). The molecule has 0 aliphatic rings. The number of carbonyl (C=O) groups is 1. The SMILES string of the molecule is CCC(C#N)OC(=O)OC(C)(C)C. The molecule has 0 bridgehead atoms. The van der Waals surface area contributed by atoms with Crippen LogP contribution in [0.5, 0.6) is 0 Å². The predicted molar refractivity (Wildman–Crippen MR) is 47.0 cm³/mol. The van der Waals surface area contributed by atoms with Crippen molar-refractivity contribution in [2.24, 2.45) is 0 Å². The van der Waals surface area contributed by atoms with E-state index in [1.54, 1.807) is 27.7 Å². The smallest absolute Gasteiger partial charge is 0.429 e. The summed E-state index contributed by atoms with van der Waals surface area (Å²) >= 11 is 0. The third-order valence-corrected chi connectivity index (χ3v) is 1.14. The Morgan fingerprint density at radius 1 is 1.54 bits per heavy atom. The molecule has 0 spiro atoms. The summed E-state index contributed by atoms with van der Waals surface area (Å²) < 4.78 is 9.56. The highest BCUT2D eigenvalue weighted by molar-refractivity contribution is 5.61. The van der Waals surface area contributed by atoms with Gasteiger partial charge in [-0.1, -0.05) is 6.92 Å². The van der Waals surface area contributed by atoms with E-state index in [4.69, 9.17) is 14.7 Å². The Morgan fingerprint density at radius 3 is 2.38 bits per heavy atom. The van der Waals surface area contributed by atoms with E-state index in [2.05, 4.69) is 0 Å². The third kappa shape index (κ3) is 5.97. The molecule has 4 heteroatoms. The van der Waals surface area contributed by atoms with E-state index in [-0.39, 0.29) is 0 Å². The van der Waals surface area contributed by atoms with Crippen molar-refractivity contribution in [3.63, 3.8) is 0 Å². The summed E-state index contributed by atoms with van der Waals surface area (Å²) in [6.07, 6.45) is -1.04. The van der Waals surface area contributed by atoms with Crippen molar-refractivity contribution in [2.45, 2.75) is 45.8 Å². The van der Waals surface area contributed by atoms with Gasteiger partial charge in [-0.3, -0.25) is 0 Å². The highest BCUT2D eigenvalue weighted by atomic mass is 16.7. The van der Waals surface area contributed by atoms with Crippen LogP contribution in [-0.4, -0.2) is 17.9 Å². The Labute approximate surface area is 78.4 Å². The molecule has 0 aromatic heterocycles. The van der Waals surface area contributed by atoms with Crippen molar-refractivity contribution in [1.29, 1.82) is 5.26 Å². The van der Waals surface area contributed by atoms with Crippen LogP contribution >= 0.6 is 0 Å². The number of carbonyl (C=O) groups excluding carboxylic acids is 1. The molecule has 0 N–H and O–H groups in total. The quantitative estimate of drug-likeness (QED) is 0.619. The van der Waals surface area contributed by atoms with Crippen molar-refractivity contribution in [3.8, 4) is 6.07 Å². The first-order valence-electron chi connectivity index (χ1n) is 4.18. The molecule has 0 aromatic carbocycles. The average Bonchev–Trinajstić information content (AvgIpc) is 1.96. The highest BCUT2D eigenvalue weighted by Crippen LogP contribution is 2.09. The van der Waals surface area contributed by atoms with Gasteiger partial charge in [-0.25, -0.2) is 4.79 Å². The van der Waals surface area contributed by atoms with Gasteiger partial charge in [-0.2, -0.15) is 5.26 Å². The van der Waals surface area contributed by atoms with Crippen LogP contribution in [0, 0.1) is 11.3 Å². The number of rotatable bonds is 2. The lowest BCUT2D eigenvalue weighted by Crippen LogP contribution is -2.27. The fourth-order valence-corrected chi connectivity index (χ4v) is 0.591. The van der Waals surface area contributed by atoms with Crippen LogP contribution in [0.4, 0.5) is 4.79 Å². The molecule has 0 aromatic rings. The van der Waals surface area contributed by atoms with E-state index < -0.39 is 17.9 Å². The second-order valence-corrected chi connectivity index (χ2v) is 3.61. The molecule has 0 saturated carbocycles. The molecule has 0 radical (unpaired) electrons. The van der Waals surface area contributed by atoms with Crippen molar-refractivity contribution >= 4 is 6.16 Å². The Morgan fingerprint density at radius 2 is 2.08 bits per heavy atom. The van der Waals surface area contributed by atoms with Crippen molar-refractivity contribution in [2.75, 3.05) is 0 Å². The molecule has 13 heavy (non-hydrogen) atoms. The molecule has 0 saturated heterocycles. The van der Waals surface area contributed by atoms with E-state index in [0.717, 1.165) is 0 Å². The minimum Gasteiger partial charge on any atom is -0.429 e. The van der Waals surface area contributed by atoms with Crippen molar-refractivity contribution < 1.29 is 14.3 Å². The predicted octanol–water partition coefficient (Wildman–Crippen LogP) is 2.24. The molecule has 0 aliphatic heterocycles. The Bertz CT molecular complexity index is 212. The van der Waals surface area contributed by atoms with Gasteiger partial charge in [-0.05, 0) is 27.2 Å².